The van der Waals surface area contributed by atoms with Crippen molar-refractivity contribution in [1.82, 2.24) is 5.32 Å². The molecule has 0 unspecified atom stereocenters. The number of nitrogens with one attached hydrogen (secondary N) is 1. The monoisotopic (exact) mass is 355 g/mol. The third kappa shape index (κ3) is 3.98. The quantitative estimate of drug-likeness (QED) is 0.846. The number of ether oxygens (including phenoxy) is 2. The van der Waals surface area contributed by atoms with Gasteiger partial charge in [0, 0.05) is 23.5 Å². The van der Waals surface area contributed by atoms with Crippen LogP contribution in [0.1, 0.15) is 32.3 Å². The maximum absolute atomic E-state index is 12.4. The number of hydrogen-bond donors (Lipinski definition) is 1. The van der Waals surface area contributed by atoms with E-state index in [0.717, 1.165) is 22.3 Å². The predicted molar refractivity (Wildman–Crippen MR) is 85.6 cm³/mol. The van der Waals surface area contributed by atoms with Gasteiger partial charge in [-0.15, -0.1) is 0 Å². The van der Waals surface area contributed by atoms with Gasteiger partial charge in [-0.1, -0.05) is 22.0 Å². The summed E-state index contributed by atoms with van der Waals surface area (Å²) in [5.74, 6) is 0.611. The molecule has 0 radical (unpaired) electrons. The smallest absolute Gasteiger partial charge is 0.311 e. The van der Waals surface area contributed by atoms with Crippen molar-refractivity contribution in [2.75, 3.05) is 20.2 Å². The molecule has 1 saturated heterocycles. The van der Waals surface area contributed by atoms with E-state index in [1.54, 1.807) is 7.11 Å². The van der Waals surface area contributed by atoms with Gasteiger partial charge in [-0.3, -0.25) is 4.79 Å². The SMILES string of the molecule is COc1ccc([C@@H]2CNC[C@H]2C(=O)OC(C)(C)C)c(Br)c1. The standard InChI is InChI=1S/C16H22BrNO3/c1-16(2,3)21-15(19)13-9-18-8-12(13)11-6-5-10(20-4)7-14(11)17/h5-7,12-13,18H,8-9H2,1-4H3/t12-,13+/m0/s1. The molecular weight excluding hydrogens is 334 g/mol. The lowest BCUT2D eigenvalue weighted by molar-refractivity contribution is -0.159. The van der Waals surface area contributed by atoms with Crippen molar-refractivity contribution >= 4 is 21.9 Å². The lowest BCUT2D eigenvalue weighted by atomic mass is 9.89. The highest BCUT2D eigenvalue weighted by atomic mass is 79.9. The average Bonchev–Trinajstić information content (AvgIpc) is 2.85. The maximum atomic E-state index is 12.4. The van der Waals surface area contributed by atoms with E-state index in [2.05, 4.69) is 21.2 Å². The summed E-state index contributed by atoms with van der Waals surface area (Å²) in [7, 11) is 1.64. The topological polar surface area (TPSA) is 47.6 Å². The van der Waals surface area contributed by atoms with Gasteiger partial charge in [-0.05, 0) is 38.5 Å². The molecule has 0 aliphatic carbocycles. The van der Waals surface area contributed by atoms with Gasteiger partial charge < -0.3 is 14.8 Å². The van der Waals surface area contributed by atoms with Gasteiger partial charge in [0.05, 0.1) is 13.0 Å². The summed E-state index contributed by atoms with van der Waals surface area (Å²) in [4.78, 5) is 12.4. The van der Waals surface area contributed by atoms with Crippen molar-refractivity contribution in [3.8, 4) is 5.75 Å². The van der Waals surface area contributed by atoms with E-state index in [9.17, 15) is 4.79 Å². The lowest BCUT2D eigenvalue weighted by Gasteiger charge is -2.25. The Balaban J connectivity index is 2.20. The summed E-state index contributed by atoms with van der Waals surface area (Å²) in [6, 6.07) is 5.86. The second-order valence-corrected chi connectivity index (χ2v) is 7.15. The number of methoxy groups -OCH3 is 1. The summed E-state index contributed by atoms with van der Waals surface area (Å²) in [5, 5.41) is 3.29. The zero-order valence-corrected chi connectivity index (χ0v) is 14.5. The number of hydrogen-bond acceptors (Lipinski definition) is 4. The van der Waals surface area contributed by atoms with Crippen LogP contribution < -0.4 is 10.1 Å². The molecular formula is C16H22BrNO3. The van der Waals surface area contributed by atoms with Crippen LogP contribution in [-0.2, 0) is 9.53 Å². The summed E-state index contributed by atoms with van der Waals surface area (Å²) in [6.07, 6.45) is 0. The minimum absolute atomic E-state index is 0.111. The van der Waals surface area contributed by atoms with Gasteiger partial charge in [-0.25, -0.2) is 0 Å². The van der Waals surface area contributed by atoms with E-state index in [-0.39, 0.29) is 17.8 Å². The van der Waals surface area contributed by atoms with Gasteiger partial charge in [0.25, 0.3) is 0 Å². The minimum Gasteiger partial charge on any atom is -0.497 e. The number of carbonyl (C=O) groups excluding carboxylic acids is 1. The van der Waals surface area contributed by atoms with E-state index in [1.807, 2.05) is 39.0 Å². The molecule has 1 N–H and O–H groups in total. The Labute approximate surface area is 134 Å². The summed E-state index contributed by atoms with van der Waals surface area (Å²) in [5.41, 5.74) is 0.651. The van der Waals surface area contributed by atoms with E-state index >= 15 is 0 Å². The molecule has 4 nitrogen and oxygen atoms in total. The highest BCUT2D eigenvalue weighted by Crippen LogP contribution is 2.36. The first-order valence-electron chi connectivity index (χ1n) is 7.09. The number of esters is 1. The van der Waals surface area contributed by atoms with Crippen molar-refractivity contribution < 1.29 is 14.3 Å². The van der Waals surface area contributed by atoms with Crippen LogP contribution in [0.25, 0.3) is 0 Å². The molecule has 0 spiro atoms. The predicted octanol–water partition coefficient (Wildman–Crippen LogP) is 3.10. The van der Waals surface area contributed by atoms with Crippen molar-refractivity contribution in [3.05, 3.63) is 28.2 Å². The molecule has 2 atom stereocenters. The van der Waals surface area contributed by atoms with Crippen molar-refractivity contribution in [2.45, 2.75) is 32.3 Å². The fourth-order valence-electron chi connectivity index (χ4n) is 2.57. The van der Waals surface area contributed by atoms with Crippen LogP contribution >= 0.6 is 15.9 Å². The summed E-state index contributed by atoms with van der Waals surface area (Å²) in [6.45, 7) is 7.11. The van der Waals surface area contributed by atoms with Crippen molar-refractivity contribution in [1.29, 1.82) is 0 Å². The van der Waals surface area contributed by atoms with Crippen LogP contribution in [0, 0.1) is 5.92 Å². The van der Waals surface area contributed by atoms with Gasteiger partial charge >= 0.3 is 5.97 Å². The highest BCUT2D eigenvalue weighted by molar-refractivity contribution is 9.10. The molecule has 1 aliphatic heterocycles. The largest absolute Gasteiger partial charge is 0.497 e. The zero-order valence-electron chi connectivity index (χ0n) is 12.9. The highest BCUT2D eigenvalue weighted by Gasteiger charge is 2.37. The van der Waals surface area contributed by atoms with Crippen LogP contribution in [0.5, 0.6) is 5.75 Å². The molecule has 21 heavy (non-hydrogen) atoms. The molecule has 1 aliphatic rings. The van der Waals surface area contributed by atoms with E-state index in [4.69, 9.17) is 9.47 Å². The molecule has 1 fully saturated rings. The van der Waals surface area contributed by atoms with E-state index in [1.165, 1.54) is 0 Å². The Morgan fingerprint density at radius 2 is 2.05 bits per heavy atom. The van der Waals surface area contributed by atoms with Gasteiger partial charge in [-0.2, -0.15) is 0 Å². The molecule has 0 amide bonds. The number of rotatable bonds is 3. The minimum atomic E-state index is -0.457. The first-order valence-corrected chi connectivity index (χ1v) is 7.88. The Bertz CT molecular complexity index is 525. The van der Waals surface area contributed by atoms with Gasteiger partial charge in [0.1, 0.15) is 11.4 Å². The molecule has 2 rings (SSSR count). The van der Waals surface area contributed by atoms with Crippen LogP contribution in [0.4, 0.5) is 0 Å². The number of benzene rings is 1. The molecule has 116 valence electrons. The Hall–Kier alpha value is -1.07. The Morgan fingerprint density at radius 1 is 1.33 bits per heavy atom. The molecule has 1 aromatic carbocycles. The van der Waals surface area contributed by atoms with Crippen molar-refractivity contribution in [2.24, 2.45) is 5.92 Å². The molecule has 5 heteroatoms. The fraction of sp³-hybridized carbons (Fsp3) is 0.562. The van der Waals surface area contributed by atoms with E-state index in [0.29, 0.717) is 6.54 Å². The fourth-order valence-corrected chi connectivity index (χ4v) is 3.22. The molecule has 1 aromatic rings. The third-order valence-corrected chi connectivity index (χ3v) is 4.22. The van der Waals surface area contributed by atoms with Crippen LogP contribution in [0.3, 0.4) is 0 Å². The second-order valence-electron chi connectivity index (χ2n) is 6.29. The van der Waals surface area contributed by atoms with E-state index < -0.39 is 5.60 Å². The van der Waals surface area contributed by atoms with Gasteiger partial charge in [0.2, 0.25) is 0 Å². The third-order valence-electron chi connectivity index (χ3n) is 3.53. The van der Waals surface area contributed by atoms with Crippen LogP contribution in [0.15, 0.2) is 22.7 Å². The molecule has 0 bridgehead atoms. The van der Waals surface area contributed by atoms with Crippen LogP contribution in [0.2, 0.25) is 0 Å². The first-order chi connectivity index (χ1) is 9.81. The number of carbonyl (C=O) groups is 1. The normalized spacial score (nSPS) is 22.1. The molecule has 1 heterocycles. The Morgan fingerprint density at radius 3 is 2.62 bits per heavy atom. The second kappa shape index (κ2) is 6.36. The van der Waals surface area contributed by atoms with Crippen LogP contribution in [-0.4, -0.2) is 31.8 Å². The Kier molecular flexibility index (Phi) is 4.94. The maximum Gasteiger partial charge on any atom is 0.311 e. The molecule has 0 aromatic heterocycles. The molecule has 0 saturated carbocycles. The van der Waals surface area contributed by atoms with Crippen molar-refractivity contribution in [3.63, 3.8) is 0 Å². The number of halogens is 1. The zero-order chi connectivity index (χ0) is 15.6. The summed E-state index contributed by atoms with van der Waals surface area (Å²) >= 11 is 3.58. The first kappa shape index (κ1) is 16.3. The van der Waals surface area contributed by atoms with Gasteiger partial charge in [0.15, 0.2) is 0 Å². The lowest BCUT2D eigenvalue weighted by Crippen LogP contribution is -2.31. The summed E-state index contributed by atoms with van der Waals surface area (Å²) < 4.78 is 11.7. The average molecular weight is 356 g/mol.